The molecule has 2 rings (SSSR count). The largest absolute Gasteiger partial charge is 0.345 e. The average molecular weight is 348 g/mol. The highest BCUT2D eigenvalue weighted by molar-refractivity contribution is 8.01. The van der Waals surface area contributed by atoms with E-state index in [4.69, 9.17) is 0 Å². The number of carbonyl (C=O) groups is 2. The van der Waals surface area contributed by atoms with Gasteiger partial charge in [0.2, 0.25) is 5.91 Å². The summed E-state index contributed by atoms with van der Waals surface area (Å²) in [6.45, 7) is 5.35. The minimum Gasteiger partial charge on any atom is -0.345 e. The number of thiazole rings is 1. The quantitative estimate of drug-likeness (QED) is 0.776. The molecule has 23 heavy (non-hydrogen) atoms. The normalized spacial score (nSPS) is 12.2. The molecule has 1 unspecified atom stereocenters. The van der Waals surface area contributed by atoms with Crippen molar-refractivity contribution < 1.29 is 9.59 Å². The molecule has 4 nitrogen and oxygen atoms in total. The summed E-state index contributed by atoms with van der Waals surface area (Å²) in [6, 6.07) is 9.52. The van der Waals surface area contributed by atoms with Crippen LogP contribution in [0.3, 0.4) is 0 Å². The van der Waals surface area contributed by atoms with Crippen LogP contribution in [-0.2, 0) is 9.59 Å². The molecule has 122 valence electrons. The smallest absolute Gasteiger partial charge is 0.231 e. The van der Waals surface area contributed by atoms with Crippen LogP contribution >= 0.6 is 23.1 Å². The van der Waals surface area contributed by atoms with Gasteiger partial charge in [-0.15, -0.1) is 11.3 Å². The van der Waals surface area contributed by atoms with Gasteiger partial charge in [-0.05, 0) is 12.8 Å². The lowest BCUT2D eigenvalue weighted by atomic mass is 10.0. The van der Waals surface area contributed by atoms with Crippen molar-refractivity contribution in [1.82, 2.24) is 10.3 Å². The lowest BCUT2D eigenvalue weighted by Crippen LogP contribution is -2.44. The first-order valence-electron chi connectivity index (χ1n) is 7.41. The van der Waals surface area contributed by atoms with Gasteiger partial charge < -0.3 is 5.32 Å². The van der Waals surface area contributed by atoms with Crippen molar-refractivity contribution in [2.75, 3.05) is 5.75 Å². The molecule has 0 fully saturated rings. The lowest BCUT2D eigenvalue weighted by Gasteiger charge is -2.19. The first-order valence-corrected chi connectivity index (χ1v) is 9.27. The van der Waals surface area contributed by atoms with Crippen molar-refractivity contribution in [2.45, 2.75) is 31.2 Å². The molecule has 1 aromatic heterocycles. The highest BCUT2D eigenvalue weighted by atomic mass is 32.2. The second-order valence-electron chi connectivity index (χ2n) is 5.55. The number of aromatic nitrogens is 1. The predicted octanol–water partition coefficient (Wildman–Crippen LogP) is 3.63. The Morgan fingerprint density at radius 1 is 1.26 bits per heavy atom. The van der Waals surface area contributed by atoms with E-state index in [1.54, 1.807) is 0 Å². The lowest BCUT2D eigenvalue weighted by molar-refractivity contribution is -0.126. The summed E-state index contributed by atoms with van der Waals surface area (Å²) in [6.07, 6.45) is 0. The molecule has 0 radical (unpaired) electrons. The van der Waals surface area contributed by atoms with Crippen molar-refractivity contribution in [2.24, 2.45) is 5.92 Å². The summed E-state index contributed by atoms with van der Waals surface area (Å²) in [5.74, 6) is 0.198. The van der Waals surface area contributed by atoms with Crippen molar-refractivity contribution in [3.8, 4) is 11.3 Å². The molecule has 0 saturated heterocycles. The number of carbonyl (C=O) groups excluding carboxylic acids is 2. The Bertz CT molecular complexity index is 668. The van der Waals surface area contributed by atoms with Gasteiger partial charge in [0.25, 0.3) is 0 Å². The zero-order valence-electron chi connectivity index (χ0n) is 13.4. The van der Waals surface area contributed by atoms with E-state index >= 15 is 0 Å². The molecule has 6 heteroatoms. The molecule has 0 bridgehead atoms. The van der Waals surface area contributed by atoms with Gasteiger partial charge in [0.05, 0.1) is 17.5 Å². The van der Waals surface area contributed by atoms with Crippen LogP contribution in [0.1, 0.15) is 20.8 Å². The van der Waals surface area contributed by atoms with E-state index in [-0.39, 0.29) is 23.4 Å². The Morgan fingerprint density at radius 3 is 2.57 bits per heavy atom. The first kappa shape index (κ1) is 17.7. The fourth-order valence-corrected chi connectivity index (χ4v) is 3.79. The number of hydrogen-bond acceptors (Lipinski definition) is 5. The Morgan fingerprint density at radius 2 is 1.96 bits per heavy atom. The van der Waals surface area contributed by atoms with Gasteiger partial charge in [0.1, 0.15) is 0 Å². The van der Waals surface area contributed by atoms with Crippen LogP contribution in [-0.4, -0.2) is 28.5 Å². The molecular formula is C17H20N2O2S2. The van der Waals surface area contributed by atoms with E-state index in [0.717, 1.165) is 15.6 Å². The van der Waals surface area contributed by atoms with E-state index in [1.165, 1.54) is 30.0 Å². The van der Waals surface area contributed by atoms with Crippen LogP contribution in [0.2, 0.25) is 0 Å². The molecule has 0 aliphatic heterocycles. The maximum Gasteiger partial charge on any atom is 0.231 e. The van der Waals surface area contributed by atoms with Crippen LogP contribution in [0.4, 0.5) is 0 Å². The van der Waals surface area contributed by atoms with Crippen LogP contribution in [0.15, 0.2) is 40.1 Å². The van der Waals surface area contributed by atoms with E-state index in [0.29, 0.717) is 0 Å². The summed E-state index contributed by atoms with van der Waals surface area (Å²) in [4.78, 5) is 28.1. The third-order valence-corrected chi connectivity index (χ3v) is 5.32. The topological polar surface area (TPSA) is 59.1 Å². The molecule has 0 saturated carbocycles. The van der Waals surface area contributed by atoms with Crippen LogP contribution in [0, 0.1) is 5.92 Å². The molecule has 1 amide bonds. The van der Waals surface area contributed by atoms with E-state index in [2.05, 4.69) is 10.3 Å². The number of benzene rings is 1. The number of thioether (sulfide) groups is 1. The number of amides is 1. The summed E-state index contributed by atoms with van der Waals surface area (Å²) < 4.78 is 0.850. The van der Waals surface area contributed by atoms with E-state index < -0.39 is 6.04 Å². The number of nitrogens with zero attached hydrogens (tertiary/aromatic N) is 1. The SMILES string of the molecule is CC(=O)C(NC(=O)CSc1nc(-c2ccccc2)cs1)C(C)C. The van der Waals surface area contributed by atoms with E-state index in [9.17, 15) is 9.59 Å². The second-order valence-corrected chi connectivity index (χ2v) is 7.63. The van der Waals surface area contributed by atoms with Crippen LogP contribution in [0.5, 0.6) is 0 Å². The number of rotatable bonds is 7. The van der Waals surface area contributed by atoms with Gasteiger partial charge in [-0.1, -0.05) is 55.9 Å². The van der Waals surface area contributed by atoms with Crippen LogP contribution in [0.25, 0.3) is 11.3 Å². The maximum absolute atomic E-state index is 12.0. The summed E-state index contributed by atoms with van der Waals surface area (Å²) in [5.41, 5.74) is 1.99. The van der Waals surface area contributed by atoms with Crippen molar-refractivity contribution >= 4 is 34.8 Å². The minimum absolute atomic E-state index is 0.0148. The Labute approximate surface area is 144 Å². The fourth-order valence-electron chi connectivity index (χ4n) is 2.15. The maximum atomic E-state index is 12.0. The second kappa shape index (κ2) is 8.26. The summed E-state index contributed by atoms with van der Waals surface area (Å²) in [5, 5.41) is 4.78. The van der Waals surface area contributed by atoms with Gasteiger partial charge in [0.15, 0.2) is 10.1 Å². The zero-order chi connectivity index (χ0) is 16.8. The Balaban J connectivity index is 1.90. The van der Waals surface area contributed by atoms with Crippen LogP contribution < -0.4 is 5.32 Å². The van der Waals surface area contributed by atoms with Crippen molar-refractivity contribution in [3.05, 3.63) is 35.7 Å². The minimum atomic E-state index is -0.417. The number of hydrogen-bond donors (Lipinski definition) is 1. The first-order chi connectivity index (χ1) is 11.0. The average Bonchev–Trinajstić information content (AvgIpc) is 3.00. The van der Waals surface area contributed by atoms with Gasteiger partial charge >= 0.3 is 0 Å². The molecular weight excluding hydrogens is 328 g/mol. The number of Topliss-reactive ketones (excluding diaryl/α,β-unsaturated/α-hetero) is 1. The molecule has 2 aromatic rings. The van der Waals surface area contributed by atoms with Crippen molar-refractivity contribution in [1.29, 1.82) is 0 Å². The standard InChI is InChI=1S/C17H20N2O2S2/c1-11(2)16(12(3)20)19-15(21)10-23-17-18-14(9-22-17)13-7-5-4-6-8-13/h4-9,11,16H,10H2,1-3H3,(H,19,21). The highest BCUT2D eigenvalue weighted by Gasteiger charge is 2.20. The molecule has 1 N–H and O–H groups in total. The Kier molecular flexibility index (Phi) is 6.36. The monoisotopic (exact) mass is 348 g/mol. The Hall–Kier alpha value is -1.66. The molecule has 0 aliphatic rings. The zero-order valence-corrected chi connectivity index (χ0v) is 15.0. The van der Waals surface area contributed by atoms with Gasteiger partial charge in [0, 0.05) is 10.9 Å². The molecule has 1 aromatic carbocycles. The third-order valence-electron chi connectivity index (χ3n) is 3.30. The van der Waals surface area contributed by atoms with Crippen molar-refractivity contribution in [3.63, 3.8) is 0 Å². The molecule has 1 heterocycles. The summed E-state index contributed by atoms with van der Waals surface area (Å²) in [7, 11) is 0. The van der Waals surface area contributed by atoms with Gasteiger partial charge in [-0.3, -0.25) is 9.59 Å². The predicted molar refractivity (Wildman–Crippen MR) is 95.7 cm³/mol. The molecule has 1 atom stereocenters. The molecule has 0 aliphatic carbocycles. The number of ketones is 1. The van der Waals surface area contributed by atoms with E-state index in [1.807, 2.05) is 49.6 Å². The fraction of sp³-hybridized carbons (Fsp3) is 0.353. The molecule has 0 spiro atoms. The highest BCUT2D eigenvalue weighted by Crippen LogP contribution is 2.28. The van der Waals surface area contributed by atoms with Gasteiger partial charge in [-0.25, -0.2) is 4.98 Å². The third kappa shape index (κ3) is 5.18. The summed E-state index contributed by atoms with van der Waals surface area (Å²) >= 11 is 2.92. The number of nitrogens with one attached hydrogen (secondary N) is 1. The van der Waals surface area contributed by atoms with Gasteiger partial charge in [-0.2, -0.15) is 0 Å².